The highest BCUT2D eigenvalue weighted by Gasteiger charge is 2.29. The van der Waals surface area contributed by atoms with Gasteiger partial charge in [0, 0.05) is 43.3 Å². The van der Waals surface area contributed by atoms with E-state index in [9.17, 15) is 14.0 Å². The Morgan fingerprint density at radius 3 is 2.97 bits per heavy atom. The van der Waals surface area contributed by atoms with Crippen molar-refractivity contribution >= 4 is 45.1 Å². The summed E-state index contributed by atoms with van der Waals surface area (Å²) in [6.45, 7) is 6.86. The smallest absolute Gasteiger partial charge is 0.347 e. The number of pyridine rings is 1. The number of hydrogen-bond acceptors (Lipinski definition) is 7. The average molecular weight is 484 g/mol. The molecular weight excluding hydrogens is 465 g/mol. The molecule has 1 saturated heterocycles. The number of carbonyl (C=O) groups is 1. The van der Waals surface area contributed by atoms with E-state index >= 15 is 0 Å². The van der Waals surface area contributed by atoms with Crippen molar-refractivity contribution in [2.24, 2.45) is 0 Å². The maximum absolute atomic E-state index is 14.3. The molecule has 1 aromatic carbocycles. The highest BCUT2D eigenvalue weighted by molar-refractivity contribution is 6.33. The van der Waals surface area contributed by atoms with Crippen LogP contribution in [0.4, 0.5) is 10.2 Å². The number of piperazine rings is 1. The van der Waals surface area contributed by atoms with Crippen molar-refractivity contribution in [1.29, 1.82) is 0 Å². The van der Waals surface area contributed by atoms with Crippen LogP contribution in [0, 0.1) is 5.82 Å². The summed E-state index contributed by atoms with van der Waals surface area (Å²) in [7, 11) is 0. The normalized spacial score (nSPS) is 16.3. The molecule has 0 aliphatic carbocycles. The fraction of sp³-hybridized carbons (Fsp3) is 0.227. The van der Waals surface area contributed by atoms with E-state index in [0.29, 0.717) is 41.7 Å². The molecule has 0 bridgehead atoms. The number of aromatic nitrogens is 5. The van der Waals surface area contributed by atoms with Gasteiger partial charge in [-0.1, -0.05) is 18.2 Å². The monoisotopic (exact) mass is 483 g/mol. The van der Waals surface area contributed by atoms with Crippen molar-refractivity contribution in [1.82, 2.24) is 30.0 Å². The third-order valence-corrected chi connectivity index (χ3v) is 6.13. The number of rotatable bonds is 4. The third kappa shape index (κ3) is 3.63. The van der Waals surface area contributed by atoms with Crippen LogP contribution in [0.3, 0.4) is 0 Å². The number of aromatic amines is 2. The molecule has 2 N–H and O–H groups in total. The summed E-state index contributed by atoms with van der Waals surface area (Å²) < 4.78 is 20.3. The first-order valence-corrected chi connectivity index (χ1v) is 10.8. The van der Waals surface area contributed by atoms with Gasteiger partial charge in [0.2, 0.25) is 11.8 Å². The van der Waals surface area contributed by atoms with Crippen LogP contribution in [-0.4, -0.2) is 61.6 Å². The lowest BCUT2D eigenvalue weighted by Crippen LogP contribution is -2.54. The van der Waals surface area contributed by atoms with Crippen molar-refractivity contribution < 1.29 is 13.9 Å². The van der Waals surface area contributed by atoms with Crippen LogP contribution in [-0.2, 0) is 4.79 Å². The molecule has 4 aromatic rings. The van der Waals surface area contributed by atoms with Crippen molar-refractivity contribution in [3.05, 3.63) is 58.5 Å². The van der Waals surface area contributed by atoms with Crippen LogP contribution in [0.1, 0.15) is 6.92 Å². The van der Waals surface area contributed by atoms with Gasteiger partial charge in [-0.25, -0.2) is 14.2 Å². The molecule has 4 heterocycles. The van der Waals surface area contributed by atoms with Gasteiger partial charge >= 0.3 is 5.69 Å². The van der Waals surface area contributed by atoms with E-state index in [2.05, 4.69) is 31.7 Å². The number of ether oxygens (including phenoxy) is 1. The van der Waals surface area contributed by atoms with E-state index in [-0.39, 0.29) is 34.1 Å². The minimum absolute atomic E-state index is 0.0227. The van der Waals surface area contributed by atoms with Gasteiger partial charge in [0.15, 0.2) is 5.75 Å². The van der Waals surface area contributed by atoms with Crippen molar-refractivity contribution in [2.45, 2.75) is 13.0 Å². The van der Waals surface area contributed by atoms with Crippen LogP contribution in [0.2, 0.25) is 5.02 Å². The lowest BCUT2D eigenvalue weighted by atomic mass is 10.1. The Bertz CT molecular complexity index is 1500. The van der Waals surface area contributed by atoms with Gasteiger partial charge in [0.25, 0.3) is 0 Å². The number of halogens is 2. The van der Waals surface area contributed by atoms with E-state index in [4.69, 9.17) is 16.3 Å². The topological polar surface area (TPSA) is 120 Å². The zero-order valence-corrected chi connectivity index (χ0v) is 18.8. The molecule has 1 amide bonds. The minimum atomic E-state index is -0.690. The van der Waals surface area contributed by atoms with E-state index in [1.165, 1.54) is 24.5 Å². The Labute approximate surface area is 197 Å². The Kier molecular flexibility index (Phi) is 5.40. The van der Waals surface area contributed by atoms with Crippen molar-refractivity contribution in [2.75, 3.05) is 24.5 Å². The number of nitrogens with zero attached hydrogens (tertiary/aromatic N) is 5. The quantitative estimate of drug-likeness (QED) is 0.428. The fourth-order valence-electron chi connectivity index (χ4n) is 4.14. The van der Waals surface area contributed by atoms with Gasteiger partial charge < -0.3 is 19.5 Å². The Morgan fingerprint density at radius 1 is 1.38 bits per heavy atom. The van der Waals surface area contributed by atoms with Crippen LogP contribution in [0.5, 0.6) is 11.6 Å². The molecule has 3 aromatic heterocycles. The molecule has 10 nitrogen and oxygen atoms in total. The van der Waals surface area contributed by atoms with Gasteiger partial charge in [-0.05, 0) is 19.1 Å². The van der Waals surface area contributed by atoms with E-state index in [1.807, 2.05) is 11.8 Å². The van der Waals surface area contributed by atoms with Crippen LogP contribution >= 0.6 is 11.6 Å². The lowest BCUT2D eigenvalue weighted by Gasteiger charge is -2.40. The second-order valence-corrected chi connectivity index (χ2v) is 8.25. The number of benzene rings is 1. The molecule has 34 heavy (non-hydrogen) atoms. The van der Waals surface area contributed by atoms with E-state index in [1.54, 1.807) is 11.0 Å². The minimum Gasteiger partial charge on any atom is -0.435 e. The van der Waals surface area contributed by atoms with Gasteiger partial charge in [-0.15, -0.1) is 0 Å². The van der Waals surface area contributed by atoms with Crippen LogP contribution in [0.15, 0.2) is 42.0 Å². The third-order valence-electron chi connectivity index (χ3n) is 5.77. The fourth-order valence-corrected chi connectivity index (χ4v) is 4.33. The summed E-state index contributed by atoms with van der Waals surface area (Å²) in [4.78, 5) is 39.3. The predicted molar refractivity (Wildman–Crippen MR) is 125 cm³/mol. The largest absolute Gasteiger partial charge is 0.435 e. The Hall–Kier alpha value is -3.99. The summed E-state index contributed by atoms with van der Waals surface area (Å²) >= 11 is 6.18. The molecular formula is C22H19ClFN7O3. The second kappa shape index (κ2) is 8.41. The summed E-state index contributed by atoms with van der Waals surface area (Å²) in [5.41, 5.74) is 0.0796. The molecule has 0 radical (unpaired) electrons. The Morgan fingerprint density at radius 2 is 2.21 bits per heavy atom. The van der Waals surface area contributed by atoms with Crippen molar-refractivity contribution in [3.8, 4) is 11.6 Å². The molecule has 1 unspecified atom stereocenters. The number of carbonyl (C=O) groups excluding carboxylic acids is 1. The van der Waals surface area contributed by atoms with Gasteiger partial charge in [0.05, 0.1) is 17.1 Å². The molecule has 1 aliphatic rings. The first-order chi connectivity index (χ1) is 16.4. The lowest BCUT2D eigenvalue weighted by molar-refractivity contribution is -0.126. The summed E-state index contributed by atoms with van der Waals surface area (Å²) in [6, 6.07) is 2.81. The van der Waals surface area contributed by atoms with E-state index < -0.39 is 11.5 Å². The highest BCUT2D eigenvalue weighted by Crippen LogP contribution is 2.39. The molecule has 5 rings (SSSR count). The van der Waals surface area contributed by atoms with Crippen LogP contribution in [0.25, 0.3) is 21.8 Å². The summed E-state index contributed by atoms with van der Waals surface area (Å²) in [6.07, 6.45) is 4.25. The standard InChI is InChI=1S/C22H19ClFN7O3/c1-3-16(32)30-6-7-31(11(2)10-30)20-12-4-5-25-21(18(12)27-22(33)28-20)34-19-13-9-26-29-15(13)8-14(24)17(19)23/h3-5,8-9,11H,1,6-7,10H2,2H3,(H,26,29)(H,27,28,33). The first kappa shape index (κ1) is 21.8. The number of nitrogens with one attached hydrogen (secondary N) is 2. The summed E-state index contributed by atoms with van der Waals surface area (Å²) in [5, 5.41) is 7.39. The number of hydrogen-bond donors (Lipinski definition) is 2. The maximum atomic E-state index is 14.3. The maximum Gasteiger partial charge on any atom is 0.347 e. The predicted octanol–water partition coefficient (Wildman–Crippen LogP) is 3.00. The molecule has 0 spiro atoms. The van der Waals surface area contributed by atoms with Crippen molar-refractivity contribution in [3.63, 3.8) is 0 Å². The highest BCUT2D eigenvalue weighted by atomic mass is 35.5. The second-order valence-electron chi connectivity index (χ2n) is 7.87. The molecule has 1 fully saturated rings. The number of anilines is 1. The molecule has 0 saturated carbocycles. The zero-order chi connectivity index (χ0) is 24.0. The number of amides is 1. The van der Waals surface area contributed by atoms with Gasteiger partial charge in [0.1, 0.15) is 22.2 Å². The molecule has 1 aliphatic heterocycles. The molecule has 1 atom stereocenters. The first-order valence-electron chi connectivity index (χ1n) is 10.4. The van der Waals surface area contributed by atoms with E-state index in [0.717, 1.165) is 0 Å². The SMILES string of the molecule is C=CC(=O)N1CCN(c2nc(=O)[nH]c3c(Oc4c(Cl)c(F)cc5[nH]ncc45)nccc23)C(C)C1. The summed E-state index contributed by atoms with van der Waals surface area (Å²) in [5.74, 6) is -0.350. The Balaban J connectivity index is 1.58. The van der Waals surface area contributed by atoms with Crippen LogP contribution < -0.4 is 15.3 Å². The van der Waals surface area contributed by atoms with Gasteiger partial charge in [-0.2, -0.15) is 10.1 Å². The average Bonchev–Trinajstić information content (AvgIpc) is 3.29. The zero-order valence-electron chi connectivity index (χ0n) is 18.0. The number of fused-ring (bicyclic) bond motifs is 2. The molecule has 174 valence electrons. The number of H-pyrrole nitrogens is 2. The molecule has 12 heteroatoms. The van der Waals surface area contributed by atoms with Gasteiger partial charge in [-0.3, -0.25) is 9.89 Å².